The lowest BCUT2D eigenvalue weighted by molar-refractivity contribution is -0.0859. The second-order valence-electron chi connectivity index (χ2n) is 10.5. The monoisotopic (exact) mass is 496 g/mol. The minimum atomic E-state index is -0.947. The minimum Gasteiger partial charge on any atom is -0.443 e. The molecule has 1 aromatic carbocycles. The van der Waals surface area contributed by atoms with Gasteiger partial charge in [-0.3, -0.25) is 4.98 Å². The SMILES string of the molecule is CC(C)(C)OC(=O)N1C2CCC(C2)N1CC(O)[C@H](Cc1ccccc1)NC(=O)OCc1ccccn1. The minimum absolute atomic E-state index is 0.0309. The van der Waals surface area contributed by atoms with E-state index < -0.39 is 29.9 Å². The van der Waals surface area contributed by atoms with E-state index in [0.29, 0.717) is 12.1 Å². The van der Waals surface area contributed by atoms with Crippen LogP contribution >= 0.6 is 0 Å². The summed E-state index contributed by atoms with van der Waals surface area (Å²) in [5.41, 5.74) is 0.991. The van der Waals surface area contributed by atoms with E-state index in [9.17, 15) is 14.7 Å². The van der Waals surface area contributed by atoms with Crippen molar-refractivity contribution < 1.29 is 24.2 Å². The number of rotatable bonds is 8. The summed E-state index contributed by atoms with van der Waals surface area (Å²) in [6.45, 7) is 5.75. The van der Waals surface area contributed by atoms with Gasteiger partial charge >= 0.3 is 12.2 Å². The van der Waals surface area contributed by atoms with Gasteiger partial charge < -0.3 is 19.9 Å². The number of ether oxygens (including phenoxy) is 2. The highest BCUT2D eigenvalue weighted by Gasteiger charge is 2.49. The van der Waals surface area contributed by atoms with Crippen LogP contribution in [0.15, 0.2) is 54.7 Å². The topological polar surface area (TPSA) is 104 Å². The number of nitrogens with one attached hydrogen (secondary N) is 1. The lowest BCUT2D eigenvalue weighted by atomic mass is 10.0. The quantitative estimate of drug-likeness (QED) is 0.575. The van der Waals surface area contributed by atoms with Gasteiger partial charge in [0.15, 0.2) is 0 Å². The summed E-state index contributed by atoms with van der Waals surface area (Å²) in [5.74, 6) is 0. The number of aliphatic hydroxyl groups is 1. The maximum absolute atomic E-state index is 13.0. The number of alkyl carbamates (subject to hydrolysis) is 1. The number of hydrogen-bond acceptors (Lipinski definition) is 7. The first-order valence-corrected chi connectivity index (χ1v) is 12.5. The van der Waals surface area contributed by atoms with Crippen molar-refractivity contribution in [2.24, 2.45) is 0 Å². The molecule has 4 atom stereocenters. The average Bonchev–Trinajstić information content (AvgIpc) is 3.44. The van der Waals surface area contributed by atoms with Gasteiger partial charge in [0.1, 0.15) is 12.2 Å². The molecular formula is C27H36N4O5. The molecule has 4 rings (SSSR count). The Morgan fingerprint density at radius 2 is 1.83 bits per heavy atom. The molecule has 2 aliphatic rings. The Kier molecular flexibility index (Phi) is 8.11. The molecule has 1 saturated heterocycles. The van der Waals surface area contributed by atoms with Gasteiger partial charge in [-0.25, -0.2) is 19.6 Å². The number of nitrogens with zero attached hydrogens (tertiary/aromatic N) is 3. The number of β-amino-alcohol motifs (C(OH)–C–C–N with tert-alkyl or cyclic N) is 1. The molecule has 2 fully saturated rings. The molecule has 2 heterocycles. The first-order chi connectivity index (χ1) is 17.2. The van der Waals surface area contributed by atoms with Crippen LogP contribution in [0, 0.1) is 0 Å². The summed E-state index contributed by atoms with van der Waals surface area (Å²) in [6.07, 6.45) is 2.80. The third-order valence-electron chi connectivity index (χ3n) is 6.52. The Labute approximate surface area is 212 Å². The number of carbonyl (C=O) groups is 2. The number of aromatic nitrogens is 1. The molecule has 0 radical (unpaired) electrons. The van der Waals surface area contributed by atoms with E-state index in [1.54, 1.807) is 23.3 Å². The normalized spacial score (nSPS) is 21.2. The third kappa shape index (κ3) is 6.73. The molecule has 1 aliphatic heterocycles. The number of benzene rings is 1. The molecule has 2 aromatic rings. The van der Waals surface area contributed by atoms with E-state index in [1.807, 2.05) is 62.2 Å². The van der Waals surface area contributed by atoms with Crippen LogP contribution in [-0.4, -0.2) is 68.7 Å². The fourth-order valence-corrected chi connectivity index (χ4v) is 4.90. The lowest BCUT2D eigenvalue weighted by Gasteiger charge is -2.40. The van der Waals surface area contributed by atoms with Crippen LogP contribution in [0.3, 0.4) is 0 Å². The lowest BCUT2D eigenvalue weighted by Crippen LogP contribution is -2.57. The molecule has 9 heteroatoms. The van der Waals surface area contributed by atoms with Crippen molar-refractivity contribution in [2.45, 2.75) is 82.9 Å². The van der Waals surface area contributed by atoms with Crippen LogP contribution in [0.1, 0.15) is 51.3 Å². The summed E-state index contributed by atoms with van der Waals surface area (Å²) in [6, 6.07) is 14.7. The van der Waals surface area contributed by atoms with E-state index in [0.717, 1.165) is 24.8 Å². The number of fused-ring (bicyclic) bond motifs is 2. The molecule has 36 heavy (non-hydrogen) atoms. The van der Waals surface area contributed by atoms with Crippen LogP contribution in [0.5, 0.6) is 0 Å². The average molecular weight is 497 g/mol. The van der Waals surface area contributed by atoms with Crippen molar-refractivity contribution in [1.29, 1.82) is 0 Å². The van der Waals surface area contributed by atoms with Gasteiger partial charge in [0.2, 0.25) is 0 Å². The van der Waals surface area contributed by atoms with Gasteiger partial charge in [0, 0.05) is 18.8 Å². The number of hydrazine groups is 1. The number of aliphatic hydroxyl groups excluding tert-OH is 1. The number of pyridine rings is 1. The van der Waals surface area contributed by atoms with Crippen molar-refractivity contribution >= 4 is 12.2 Å². The van der Waals surface area contributed by atoms with E-state index in [4.69, 9.17) is 9.47 Å². The van der Waals surface area contributed by atoms with Crippen molar-refractivity contribution in [1.82, 2.24) is 20.3 Å². The fourth-order valence-electron chi connectivity index (χ4n) is 4.90. The van der Waals surface area contributed by atoms with Gasteiger partial charge in [-0.05, 0) is 64.2 Å². The van der Waals surface area contributed by atoms with Crippen molar-refractivity contribution in [3.8, 4) is 0 Å². The van der Waals surface area contributed by atoms with Crippen LogP contribution in [0.2, 0.25) is 0 Å². The second-order valence-corrected chi connectivity index (χ2v) is 10.5. The number of amides is 2. The number of hydrogen-bond donors (Lipinski definition) is 2. The molecule has 9 nitrogen and oxygen atoms in total. The molecule has 2 N–H and O–H groups in total. The Hall–Kier alpha value is -3.17. The van der Waals surface area contributed by atoms with Crippen molar-refractivity contribution in [3.63, 3.8) is 0 Å². The zero-order chi connectivity index (χ0) is 25.7. The predicted molar refractivity (Wildman–Crippen MR) is 134 cm³/mol. The van der Waals surface area contributed by atoms with E-state index in [2.05, 4.69) is 10.3 Å². The fraction of sp³-hybridized carbons (Fsp3) is 0.519. The zero-order valence-electron chi connectivity index (χ0n) is 21.2. The molecule has 0 spiro atoms. The predicted octanol–water partition coefficient (Wildman–Crippen LogP) is 3.67. The van der Waals surface area contributed by atoms with E-state index in [-0.39, 0.29) is 25.2 Å². The van der Waals surface area contributed by atoms with Crippen LogP contribution in [-0.2, 0) is 22.5 Å². The van der Waals surface area contributed by atoms with Gasteiger partial charge in [-0.1, -0.05) is 36.4 Å². The molecule has 1 aromatic heterocycles. The molecule has 194 valence electrons. The Morgan fingerprint density at radius 3 is 2.53 bits per heavy atom. The summed E-state index contributed by atoms with van der Waals surface area (Å²) < 4.78 is 11.0. The highest BCUT2D eigenvalue weighted by atomic mass is 16.6. The van der Waals surface area contributed by atoms with Gasteiger partial charge in [-0.15, -0.1) is 0 Å². The molecule has 2 bridgehead atoms. The summed E-state index contributed by atoms with van der Waals surface area (Å²) in [5, 5.41) is 17.7. The van der Waals surface area contributed by atoms with Crippen molar-refractivity contribution in [3.05, 3.63) is 66.0 Å². The standard InChI is InChI=1S/C27H36N4O5/c1-27(2,3)36-26(34)31-22-13-12-21(16-22)30(31)17-24(32)23(15-19-9-5-4-6-10-19)29-25(33)35-18-20-11-7-8-14-28-20/h4-11,14,21-24,32H,12-13,15-18H2,1-3H3,(H,29,33)/t21?,22?,23-,24?/m0/s1. The Balaban J connectivity index is 1.44. The maximum atomic E-state index is 13.0. The summed E-state index contributed by atoms with van der Waals surface area (Å²) in [4.78, 5) is 29.8. The second kappa shape index (κ2) is 11.3. The van der Waals surface area contributed by atoms with Crippen LogP contribution in [0.4, 0.5) is 9.59 Å². The molecule has 1 aliphatic carbocycles. The van der Waals surface area contributed by atoms with Crippen LogP contribution < -0.4 is 5.32 Å². The molecule has 3 unspecified atom stereocenters. The Morgan fingerprint density at radius 1 is 1.11 bits per heavy atom. The molecule has 1 saturated carbocycles. The summed E-state index contributed by atoms with van der Waals surface area (Å²) in [7, 11) is 0. The van der Waals surface area contributed by atoms with Gasteiger partial charge in [-0.2, -0.15) is 0 Å². The van der Waals surface area contributed by atoms with E-state index >= 15 is 0 Å². The smallest absolute Gasteiger partial charge is 0.425 e. The third-order valence-corrected chi connectivity index (χ3v) is 6.52. The zero-order valence-corrected chi connectivity index (χ0v) is 21.2. The highest BCUT2D eigenvalue weighted by molar-refractivity contribution is 5.69. The van der Waals surface area contributed by atoms with Gasteiger partial charge in [0.25, 0.3) is 0 Å². The van der Waals surface area contributed by atoms with Gasteiger partial charge in [0.05, 0.1) is 23.9 Å². The summed E-state index contributed by atoms with van der Waals surface area (Å²) >= 11 is 0. The largest absolute Gasteiger partial charge is 0.443 e. The van der Waals surface area contributed by atoms with Crippen molar-refractivity contribution in [2.75, 3.05) is 6.54 Å². The number of carbonyl (C=O) groups excluding carboxylic acids is 2. The van der Waals surface area contributed by atoms with Crippen LogP contribution in [0.25, 0.3) is 0 Å². The molecular weight excluding hydrogens is 460 g/mol. The van der Waals surface area contributed by atoms with E-state index in [1.165, 1.54) is 0 Å². The molecule has 2 amide bonds. The first kappa shape index (κ1) is 25.9. The first-order valence-electron chi connectivity index (χ1n) is 12.5. The highest BCUT2D eigenvalue weighted by Crippen LogP contribution is 2.38. The maximum Gasteiger partial charge on any atom is 0.425 e. The Bertz CT molecular complexity index is 1010.